The summed E-state index contributed by atoms with van der Waals surface area (Å²) < 4.78 is 5.62. The van der Waals surface area contributed by atoms with E-state index in [9.17, 15) is 9.59 Å². The first-order valence-electron chi connectivity index (χ1n) is 9.31. The fraction of sp³-hybridized carbons (Fsp3) is 0.429. The van der Waals surface area contributed by atoms with E-state index >= 15 is 0 Å². The first kappa shape index (κ1) is 19.4. The molecule has 0 radical (unpaired) electrons. The zero-order valence-corrected chi connectivity index (χ0v) is 16.9. The summed E-state index contributed by atoms with van der Waals surface area (Å²) in [5.74, 6) is 0.867. The van der Waals surface area contributed by atoms with Crippen LogP contribution < -0.4 is 10.1 Å². The van der Waals surface area contributed by atoms with Gasteiger partial charge in [-0.15, -0.1) is 11.3 Å². The summed E-state index contributed by atoms with van der Waals surface area (Å²) in [5.41, 5.74) is 2.13. The Kier molecular flexibility index (Phi) is 6.16. The van der Waals surface area contributed by atoms with Crippen LogP contribution in [0.15, 0.2) is 30.3 Å². The lowest BCUT2D eigenvalue weighted by atomic mass is 9.87. The molecule has 1 atom stereocenters. The molecular formula is C21H26N2O3S. The van der Waals surface area contributed by atoms with Gasteiger partial charge in [0.25, 0.3) is 5.91 Å². The average Bonchev–Trinajstić information content (AvgIpc) is 3.09. The molecular weight excluding hydrogens is 360 g/mol. The highest BCUT2D eigenvalue weighted by Crippen LogP contribution is 2.33. The molecule has 1 aromatic heterocycles. The highest BCUT2D eigenvalue weighted by atomic mass is 32.1. The smallest absolute Gasteiger partial charge is 0.263 e. The van der Waals surface area contributed by atoms with Crippen molar-refractivity contribution in [2.24, 2.45) is 5.92 Å². The molecule has 1 aliphatic rings. The number of benzene rings is 1. The van der Waals surface area contributed by atoms with Crippen LogP contribution in [0.2, 0.25) is 0 Å². The van der Waals surface area contributed by atoms with Crippen LogP contribution in [0.1, 0.15) is 39.0 Å². The van der Waals surface area contributed by atoms with Crippen molar-refractivity contribution in [2.75, 3.05) is 20.7 Å². The van der Waals surface area contributed by atoms with Gasteiger partial charge >= 0.3 is 0 Å². The number of aryl methyl sites for hydroxylation is 1. The monoisotopic (exact) mass is 386 g/mol. The highest BCUT2D eigenvalue weighted by molar-refractivity contribution is 7.14. The zero-order chi connectivity index (χ0) is 19.4. The molecule has 27 heavy (non-hydrogen) atoms. The van der Waals surface area contributed by atoms with Gasteiger partial charge < -0.3 is 15.0 Å². The van der Waals surface area contributed by atoms with E-state index < -0.39 is 0 Å². The van der Waals surface area contributed by atoms with Crippen molar-refractivity contribution in [3.63, 3.8) is 0 Å². The van der Waals surface area contributed by atoms with Crippen LogP contribution in [0.5, 0.6) is 5.75 Å². The third-order valence-corrected chi connectivity index (χ3v) is 6.02. The Hall–Kier alpha value is -2.34. The fourth-order valence-electron chi connectivity index (χ4n) is 3.35. The molecule has 0 spiro atoms. The fourth-order valence-corrected chi connectivity index (χ4v) is 4.58. The summed E-state index contributed by atoms with van der Waals surface area (Å²) in [4.78, 5) is 28.4. The molecule has 6 heteroatoms. The number of ether oxygens (including phenoxy) is 1. The topological polar surface area (TPSA) is 58.6 Å². The number of rotatable bonds is 6. The second kappa shape index (κ2) is 8.57. The standard InChI is InChI=1S/C21H26N2O3S/c1-4-26-17-8-6-5-7-15(17)13-22-20(24)14-9-10-18-16(11-14)12-19(27-18)21(25)23(2)3/h5-8,12,14H,4,9-11,13H2,1-3H3,(H,22,24)/t14-/m0/s1. The van der Waals surface area contributed by atoms with E-state index in [0.29, 0.717) is 19.6 Å². The van der Waals surface area contributed by atoms with Crippen molar-refractivity contribution in [3.8, 4) is 5.75 Å². The van der Waals surface area contributed by atoms with Gasteiger partial charge in [0, 0.05) is 37.0 Å². The van der Waals surface area contributed by atoms with Crippen LogP contribution in [-0.4, -0.2) is 37.4 Å². The number of amides is 2. The molecule has 0 saturated carbocycles. The lowest BCUT2D eigenvalue weighted by Crippen LogP contribution is -2.33. The number of fused-ring (bicyclic) bond motifs is 1. The third-order valence-electron chi connectivity index (χ3n) is 4.80. The van der Waals surface area contributed by atoms with E-state index in [1.54, 1.807) is 30.3 Å². The van der Waals surface area contributed by atoms with E-state index in [0.717, 1.165) is 34.6 Å². The summed E-state index contributed by atoms with van der Waals surface area (Å²) >= 11 is 1.56. The van der Waals surface area contributed by atoms with Gasteiger partial charge in [0.1, 0.15) is 5.75 Å². The third kappa shape index (κ3) is 4.50. The van der Waals surface area contributed by atoms with Crippen LogP contribution >= 0.6 is 11.3 Å². The van der Waals surface area contributed by atoms with E-state index in [4.69, 9.17) is 4.74 Å². The molecule has 0 aliphatic heterocycles. The molecule has 2 aromatic rings. The molecule has 0 bridgehead atoms. The minimum atomic E-state index is -0.0475. The maximum absolute atomic E-state index is 12.7. The zero-order valence-electron chi connectivity index (χ0n) is 16.1. The van der Waals surface area contributed by atoms with Gasteiger partial charge in [0.2, 0.25) is 5.91 Å². The second-order valence-electron chi connectivity index (χ2n) is 6.96. The van der Waals surface area contributed by atoms with Crippen molar-refractivity contribution >= 4 is 23.2 Å². The number of carbonyl (C=O) groups excluding carboxylic acids is 2. The number of hydrogen-bond donors (Lipinski definition) is 1. The molecule has 2 amide bonds. The van der Waals surface area contributed by atoms with Crippen molar-refractivity contribution in [3.05, 3.63) is 51.2 Å². The predicted octanol–water partition coefficient (Wildman–Crippen LogP) is 3.27. The Balaban J connectivity index is 1.62. The van der Waals surface area contributed by atoms with Gasteiger partial charge in [-0.05, 0) is 43.9 Å². The van der Waals surface area contributed by atoms with E-state index in [1.807, 2.05) is 37.3 Å². The molecule has 0 unspecified atom stereocenters. The molecule has 1 aromatic carbocycles. The summed E-state index contributed by atoms with van der Waals surface area (Å²) in [7, 11) is 3.52. The van der Waals surface area contributed by atoms with Crippen LogP contribution in [0.4, 0.5) is 0 Å². The van der Waals surface area contributed by atoms with Gasteiger partial charge in [-0.3, -0.25) is 9.59 Å². The lowest BCUT2D eigenvalue weighted by Gasteiger charge is -2.21. The Morgan fingerprint density at radius 2 is 2.07 bits per heavy atom. The molecule has 1 N–H and O–H groups in total. The Morgan fingerprint density at radius 3 is 2.81 bits per heavy atom. The Morgan fingerprint density at radius 1 is 1.30 bits per heavy atom. The average molecular weight is 387 g/mol. The van der Waals surface area contributed by atoms with Crippen LogP contribution in [0.3, 0.4) is 0 Å². The molecule has 0 saturated heterocycles. The Bertz CT molecular complexity index is 829. The van der Waals surface area contributed by atoms with Gasteiger partial charge in [-0.2, -0.15) is 0 Å². The summed E-state index contributed by atoms with van der Waals surface area (Å²) in [6.07, 6.45) is 2.38. The molecule has 1 aliphatic carbocycles. The number of hydrogen-bond acceptors (Lipinski definition) is 4. The number of nitrogens with zero attached hydrogens (tertiary/aromatic N) is 1. The van der Waals surface area contributed by atoms with Crippen molar-refractivity contribution < 1.29 is 14.3 Å². The van der Waals surface area contributed by atoms with E-state index in [-0.39, 0.29) is 17.7 Å². The van der Waals surface area contributed by atoms with Crippen LogP contribution in [-0.2, 0) is 24.2 Å². The van der Waals surface area contributed by atoms with Crippen LogP contribution in [0, 0.1) is 5.92 Å². The normalized spacial score (nSPS) is 15.7. The predicted molar refractivity (Wildman–Crippen MR) is 107 cm³/mol. The first-order chi connectivity index (χ1) is 13.0. The maximum Gasteiger partial charge on any atom is 0.263 e. The van der Waals surface area contributed by atoms with Crippen molar-refractivity contribution in [2.45, 2.75) is 32.7 Å². The minimum absolute atomic E-state index is 0.0305. The van der Waals surface area contributed by atoms with E-state index in [2.05, 4.69) is 5.32 Å². The van der Waals surface area contributed by atoms with Gasteiger partial charge in [0.05, 0.1) is 11.5 Å². The molecule has 5 nitrogen and oxygen atoms in total. The SMILES string of the molecule is CCOc1ccccc1CNC(=O)[C@H]1CCc2sc(C(=O)N(C)C)cc2C1. The summed E-state index contributed by atoms with van der Waals surface area (Å²) in [6.45, 7) is 3.01. The quantitative estimate of drug-likeness (QED) is 0.829. The number of thiophene rings is 1. The Labute approximate surface area is 164 Å². The molecule has 3 rings (SSSR count). The second-order valence-corrected chi connectivity index (χ2v) is 8.09. The van der Waals surface area contributed by atoms with Crippen LogP contribution in [0.25, 0.3) is 0 Å². The summed E-state index contributed by atoms with van der Waals surface area (Å²) in [6, 6.07) is 9.74. The minimum Gasteiger partial charge on any atom is -0.494 e. The largest absolute Gasteiger partial charge is 0.494 e. The van der Waals surface area contributed by atoms with E-state index in [1.165, 1.54) is 4.88 Å². The number of carbonyl (C=O) groups is 2. The maximum atomic E-state index is 12.7. The first-order valence-corrected chi connectivity index (χ1v) is 10.1. The number of nitrogens with one attached hydrogen (secondary N) is 1. The van der Waals surface area contributed by atoms with Gasteiger partial charge in [-0.1, -0.05) is 18.2 Å². The summed E-state index contributed by atoms with van der Waals surface area (Å²) in [5, 5.41) is 3.06. The van der Waals surface area contributed by atoms with Crippen molar-refractivity contribution in [1.29, 1.82) is 0 Å². The highest BCUT2D eigenvalue weighted by Gasteiger charge is 2.27. The van der Waals surface area contributed by atoms with Crippen molar-refractivity contribution in [1.82, 2.24) is 10.2 Å². The van der Waals surface area contributed by atoms with Gasteiger partial charge in [-0.25, -0.2) is 0 Å². The van der Waals surface area contributed by atoms with Gasteiger partial charge in [0.15, 0.2) is 0 Å². The number of para-hydroxylation sites is 1. The molecule has 144 valence electrons. The lowest BCUT2D eigenvalue weighted by molar-refractivity contribution is -0.125. The molecule has 1 heterocycles. The molecule has 0 fully saturated rings.